The van der Waals surface area contributed by atoms with Gasteiger partial charge in [0, 0.05) is 5.69 Å². The molecule has 0 amide bonds. The largest absolute Gasteiger partial charge is 0.351 e. The van der Waals surface area contributed by atoms with Crippen LogP contribution in [0.5, 0.6) is 0 Å². The molecule has 0 aliphatic heterocycles. The van der Waals surface area contributed by atoms with Crippen LogP contribution in [0, 0.1) is 6.92 Å². The molecule has 2 rings (SSSR count). The van der Waals surface area contributed by atoms with Gasteiger partial charge in [-0.3, -0.25) is 9.97 Å². The third-order valence-electron chi connectivity index (χ3n) is 1.80. The van der Waals surface area contributed by atoms with Crippen LogP contribution in [0.4, 0.5) is 0 Å². The Morgan fingerprint density at radius 2 is 1.93 bits per heavy atom. The van der Waals surface area contributed by atoms with E-state index in [-0.39, 0.29) is 5.82 Å². The summed E-state index contributed by atoms with van der Waals surface area (Å²) in [6.45, 7) is 1.81. The fraction of sp³-hybridized carbons (Fsp3) is 0.111. The van der Waals surface area contributed by atoms with Crippen LogP contribution in [0.25, 0.3) is 11.5 Å². The average molecular weight is 204 g/mol. The number of aromatic amines is 2. The Hall–Kier alpha value is -2.24. The van der Waals surface area contributed by atoms with Crippen LogP contribution in [0.2, 0.25) is 0 Å². The van der Waals surface area contributed by atoms with Crippen molar-refractivity contribution in [3.05, 3.63) is 44.9 Å². The Kier molecular flexibility index (Phi) is 2.17. The molecule has 0 aromatic carbocycles. The lowest BCUT2D eigenvalue weighted by Crippen LogP contribution is -2.25. The SMILES string of the molecule is Cc1cccc(-c2nc(=O)[nH]c(=O)[nH]2)n1. The van der Waals surface area contributed by atoms with Gasteiger partial charge in [-0.2, -0.15) is 4.98 Å². The number of aromatic nitrogens is 4. The predicted octanol–water partition coefficient (Wildman–Crippen LogP) is -0.171. The highest BCUT2D eigenvalue weighted by molar-refractivity contribution is 5.47. The maximum Gasteiger partial charge on any atom is 0.351 e. The predicted molar refractivity (Wildman–Crippen MR) is 53.4 cm³/mol. The van der Waals surface area contributed by atoms with Gasteiger partial charge in [0.15, 0.2) is 5.82 Å². The molecule has 2 aromatic heterocycles. The molecule has 0 bridgehead atoms. The summed E-state index contributed by atoms with van der Waals surface area (Å²) >= 11 is 0. The summed E-state index contributed by atoms with van der Waals surface area (Å²) in [6.07, 6.45) is 0. The van der Waals surface area contributed by atoms with E-state index in [1.54, 1.807) is 12.1 Å². The molecule has 0 fully saturated rings. The first-order chi connectivity index (χ1) is 7.15. The highest BCUT2D eigenvalue weighted by Crippen LogP contribution is 2.08. The molecule has 0 spiro atoms. The van der Waals surface area contributed by atoms with E-state index < -0.39 is 11.4 Å². The van der Waals surface area contributed by atoms with E-state index in [0.717, 1.165) is 5.69 Å². The summed E-state index contributed by atoms with van der Waals surface area (Å²) in [5.74, 6) is 0.174. The highest BCUT2D eigenvalue weighted by atomic mass is 16.2. The van der Waals surface area contributed by atoms with Gasteiger partial charge in [0.2, 0.25) is 0 Å². The fourth-order valence-electron chi connectivity index (χ4n) is 1.19. The average Bonchev–Trinajstić information content (AvgIpc) is 2.16. The zero-order chi connectivity index (χ0) is 10.8. The number of hydrogen-bond acceptors (Lipinski definition) is 4. The van der Waals surface area contributed by atoms with Crippen molar-refractivity contribution in [3.63, 3.8) is 0 Å². The summed E-state index contributed by atoms with van der Waals surface area (Å²) in [5, 5.41) is 0. The van der Waals surface area contributed by atoms with Crippen molar-refractivity contribution < 1.29 is 0 Å². The van der Waals surface area contributed by atoms with Gasteiger partial charge in [-0.25, -0.2) is 14.6 Å². The summed E-state index contributed by atoms with van der Waals surface area (Å²) in [6, 6.07) is 5.26. The van der Waals surface area contributed by atoms with Crippen LogP contribution in [0.3, 0.4) is 0 Å². The summed E-state index contributed by atoms with van der Waals surface area (Å²) in [4.78, 5) is 34.1. The maximum absolute atomic E-state index is 11.0. The molecule has 0 saturated heterocycles. The Morgan fingerprint density at radius 3 is 2.60 bits per heavy atom. The second-order valence-corrected chi connectivity index (χ2v) is 3.01. The smallest absolute Gasteiger partial charge is 0.290 e. The Bertz CT molecular complexity index is 571. The van der Waals surface area contributed by atoms with Crippen molar-refractivity contribution in [2.24, 2.45) is 0 Å². The van der Waals surface area contributed by atoms with E-state index in [0.29, 0.717) is 5.69 Å². The third kappa shape index (κ3) is 1.98. The normalized spacial score (nSPS) is 10.2. The van der Waals surface area contributed by atoms with Crippen LogP contribution in [0.15, 0.2) is 27.8 Å². The number of aryl methyl sites for hydroxylation is 1. The van der Waals surface area contributed by atoms with Gasteiger partial charge in [-0.15, -0.1) is 0 Å². The first-order valence-electron chi connectivity index (χ1n) is 4.30. The topological polar surface area (TPSA) is 91.5 Å². The first kappa shape index (κ1) is 9.32. The van der Waals surface area contributed by atoms with Crippen molar-refractivity contribution >= 4 is 0 Å². The van der Waals surface area contributed by atoms with Gasteiger partial charge in [0.1, 0.15) is 5.69 Å². The molecular weight excluding hydrogens is 196 g/mol. The second-order valence-electron chi connectivity index (χ2n) is 3.01. The van der Waals surface area contributed by atoms with Crippen LogP contribution < -0.4 is 11.4 Å². The zero-order valence-electron chi connectivity index (χ0n) is 7.94. The molecule has 6 heteroatoms. The molecule has 2 aromatic rings. The molecule has 0 aliphatic rings. The van der Waals surface area contributed by atoms with Crippen molar-refractivity contribution in [2.45, 2.75) is 6.92 Å². The van der Waals surface area contributed by atoms with Gasteiger partial charge in [0.05, 0.1) is 0 Å². The Labute approximate surface area is 84.1 Å². The van der Waals surface area contributed by atoms with E-state index in [4.69, 9.17) is 0 Å². The molecule has 76 valence electrons. The summed E-state index contributed by atoms with van der Waals surface area (Å²) in [7, 11) is 0. The molecule has 0 saturated carbocycles. The highest BCUT2D eigenvalue weighted by Gasteiger charge is 2.03. The lowest BCUT2D eigenvalue weighted by Gasteiger charge is -1.98. The molecular formula is C9H8N4O2. The number of nitrogens with zero attached hydrogens (tertiary/aromatic N) is 2. The Balaban J connectivity index is 2.64. The molecule has 6 nitrogen and oxygen atoms in total. The quantitative estimate of drug-likeness (QED) is 0.674. The molecule has 0 atom stereocenters. The lowest BCUT2D eigenvalue weighted by atomic mass is 10.3. The van der Waals surface area contributed by atoms with Crippen LogP contribution in [0.1, 0.15) is 5.69 Å². The lowest BCUT2D eigenvalue weighted by molar-refractivity contribution is 0.934. The van der Waals surface area contributed by atoms with E-state index in [2.05, 4.69) is 15.0 Å². The van der Waals surface area contributed by atoms with Gasteiger partial charge in [0.25, 0.3) is 0 Å². The van der Waals surface area contributed by atoms with E-state index >= 15 is 0 Å². The molecule has 15 heavy (non-hydrogen) atoms. The monoisotopic (exact) mass is 204 g/mol. The van der Waals surface area contributed by atoms with Crippen molar-refractivity contribution in [2.75, 3.05) is 0 Å². The van der Waals surface area contributed by atoms with Gasteiger partial charge >= 0.3 is 11.4 Å². The Morgan fingerprint density at radius 1 is 1.13 bits per heavy atom. The zero-order valence-corrected chi connectivity index (χ0v) is 7.94. The molecule has 0 radical (unpaired) electrons. The number of rotatable bonds is 1. The van der Waals surface area contributed by atoms with Crippen molar-refractivity contribution in [1.29, 1.82) is 0 Å². The van der Waals surface area contributed by atoms with Crippen molar-refractivity contribution in [1.82, 2.24) is 19.9 Å². The standard InChI is InChI=1S/C9H8N4O2/c1-5-3-2-4-6(10-5)7-11-8(14)13-9(15)12-7/h2-4H,1H3,(H2,11,12,13,14,15). The molecule has 2 heterocycles. The number of nitrogens with one attached hydrogen (secondary N) is 2. The minimum atomic E-state index is -0.683. The number of hydrogen-bond donors (Lipinski definition) is 2. The van der Waals surface area contributed by atoms with E-state index in [9.17, 15) is 9.59 Å². The van der Waals surface area contributed by atoms with Crippen LogP contribution in [-0.2, 0) is 0 Å². The van der Waals surface area contributed by atoms with Crippen LogP contribution >= 0.6 is 0 Å². The van der Waals surface area contributed by atoms with Gasteiger partial charge in [-0.1, -0.05) is 6.07 Å². The molecule has 2 N–H and O–H groups in total. The van der Waals surface area contributed by atoms with Gasteiger partial charge < -0.3 is 0 Å². The third-order valence-corrected chi connectivity index (χ3v) is 1.80. The summed E-state index contributed by atoms with van der Waals surface area (Å²) < 4.78 is 0. The first-order valence-corrected chi connectivity index (χ1v) is 4.30. The van der Waals surface area contributed by atoms with E-state index in [1.807, 2.05) is 18.0 Å². The minimum absolute atomic E-state index is 0.174. The maximum atomic E-state index is 11.0. The molecule has 0 unspecified atom stereocenters. The number of pyridine rings is 1. The van der Waals surface area contributed by atoms with Gasteiger partial charge in [-0.05, 0) is 19.1 Å². The minimum Gasteiger partial charge on any atom is -0.290 e. The fourth-order valence-corrected chi connectivity index (χ4v) is 1.19. The van der Waals surface area contributed by atoms with Crippen molar-refractivity contribution in [3.8, 4) is 11.5 Å². The second kappa shape index (κ2) is 3.49. The van der Waals surface area contributed by atoms with Crippen LogP contribution in [-0.4, -0.2) is 19.9 Å². The summed E-state index contributed by atoms with van der Waals surface area (Å²) in [5.41, 5.74) is -0.0148. The molecule has 0 aliphatic carbocycles. The van der Waals surface area contributed by atoms with E-state index in [1.165, 1.54) is 0 Å². The number of H-pyrrole nitrogens is 2.